The Kier molecular flexibility index (Phi) is 2.09. The Balaban J connectivity index is 2.00. The van der Waals surface area contributed by atoms with Gasteiger partial charge in [0.25, 0.3) is 0 Å². The van der Waals surface area contributed by atoms with Crippen LogP contribution in [-0.2, 0) is 0 Å². The number of hydrogen-bond donors (Lipinski definition) is 1. The second-order valence-electron chi connectivity index (χ2n) is 4.62. The van der Waals surface area contributed by atoms with Gasteiger partial charge in [0.2, 0.25) is 0 Å². The summed E-state index contributed by atoms with van der Waals surface area (Å²) in [4.78, 5) is 4.27. The van der Waals surface area contributed by atoms with Crippen molar-refractivity contribution < 1.29 is 4.52 Å². The molecule has 3 aromatic heterocycles. The summed E-state index contributed by atoms with van der Waals surface area (Å²) in [5.74, 6) is 0.384. The molecule has 0 amide bonds. The van der Waals surface area contributed by atoms with E-state index in [1.807, 2.05) is 41.9 Å². The molecule has 0 saturated carbocycles. The zero-order valence-corrected chi connectivity index (χ0v) is 10.7. The largest absolute Gasteiger partial charge is 0.380 e. The minimum atomic E-state index is 0.384. The first-order valence-corrected chi connectivity index (χ1v) is 6.19. The molecule has 0 unspecified atom stereocenters. The fourth-order valence-electron chi connectivity index (χ4n) is 2.37. The van der Waals surface area contributed by atoms with Crippen LogP contribution in [0.5, 0.6) is 0 Å². The maximum atomic E-state index is 5.79. The Bertz CT molecular complexity index is 937. The normalized spacial score (nSPS) is 11.4. The zero-order valence-electron chi connectivity index (χ0n) is 10.7. The monoisotopic (exact) mass is 265 g/mol. The lowest BCUT2D eigenvalue weighted by Gasteiger charge is -2.03. The second kappa shape index (κ2) is 3.80. The molecule has 6 heteroatoms. The van der Waals surface area contributed by atoms with Crippen molar-refractivity contribution in [2.75, 3.05) is 5.73 Å². The summed E-state index contributed by atoms with van der Waals surface area (Å²) >= 11 is 0. The molecular formula is C14H11N5O. The highest BCUT2D eigenvalue weighted by atomic mass is 16.5. The number of aryl methyl sites for hydroxylation is 1. The van der Waals surface area contributed by atoms with Crippen LogP contribution in [0, 0.1) is 6.92 Å². The molecule has 20 heavy (non-hydrogen) atoms. The number of benzene rings is 1. The quantitative estimate of drug-likeness (QED) is 0.571. The third-order valence-electron chi connectivity index (χ3n) is 3.41. The van der Waals surface area contributed by atoms with Gasteiger partial charge in [0, 0.05) is 11.6 Å². The van der Waals surface area contributed by atoms with Crippen LogP contribution in [0.2, 0.25) is 0 Å². The predicted molar refractivity (Wildman–Crippen MR) is 75.6 cm³/mol. The topological polar surface area (TPSA) is 82.8 Å². The van der Waals surface area contributed by atoms with E-state index in [1.54, 1.807) is 6.20 Å². The average molecular weight is 265 g/mol. The van der Waals surface area contributed by atoms with Crippen molar-refractivity contribution in [3.8, 4) is 5.69 Å². The van der Waals surface area contributed by atoms with Crippen LogP contribution < -0.4 is 5.73 Å². The lowest BCUT2D eigenvalue weighted by atomic mass is 10.2. The van der Waals surface area contributed by atoms with Crippen LogP contribution in [0.25, 0.3) is 27.7 Å². The molecule has 0 spiro atoms. The molecule has 3 heterocycles. The third kappa shape index (κ3) is 1.41. The SMILES string of the molecule is Cc1c2cccnc2nn1-c1ccc2onc(N)c2c1. The summed E-state index contributed by atoms with van der Waals surface area (Å²) < 4.78 is 6.96. The molecule has 0 bridgehead atoms. The number of nitrogen functional groups attached to an aromatic ring is 1. The van der Waals surface area contributed by atoms with Crippen molar-refractivity contribution in [2.45, 2.75) is 6.92 Å². The number of nitrogens with zero attached hydrogens (tertiary/aromatic N) is 4. The minimum absolute atomic E-state index is 0.384. The van der Waals surface area contributed by atoms with Gasteiger partial charge in [0.1, 0.15) is 0 Å². The maximum Gasteiger partial charge on any atom is 0.181 e. The van der Waals surface area contributed by atoms with Crippen molar-refractivity contribution in [1.29, 1.82) is 0 Å². The number of rotatable bonds is 1. The highest BCUT2D eigenvalue weighted by Gasteiger charge is 2.12. The maximum absolute atomic E-state index is 5.79. The van der Waals surface area contributed by atoms with E-state index >= 15 is 0 Å². The van der Waals surface area contributed by atoms with Crippen LogP contribution in [0.1, 0.15) is 5.69 Å². The van der Waals surface area contributed by atoms with Crippen LogP contribution in [0.15, 0.2) is 41.1 Å². The number of pyridine rings is 1. The standard InChI is InChI=1S/C14H11N5O/c1-8-10-3-2-6-16-14(10)17-19(8)9-4-5-12-11(7-9)13(15)18-20-12/h2-7H,1H3,(H2,15,18). The van der Waals surface area contributed by atoms with Crippen LogP contribution in [0.3, 0.4) is 0 Å². The Morgan fingerprint density at radius 2 is 2.10 bits per heavy atom. The van der Waals surface area contributed by atoms with Gasteiger partial charge >= 0.3 is 0 Å². The number of fused-ring (bicyclic) bond motifs is 2. The first kappa shape index (κ1) is 11.0. The van der Waals surface area contributed by atoms with Gasteiger partial charge in [-0.1, -0.05) is 5.16 Å². The molecule has 2 N–H and O–H groups in total. The summed E-state index contributed by atoms with van der Waals surface area (Å²) in [7, 11) is 0. The summed E-state index contributed by atoms with van der Waals surface area (Å²) in [5, 5.41) is 10.1. The van der Waals surface area contributed by atoms with E-state index in [0.29, 0.717) is 11.4 Å². The van der Waals surface area contributed by atoms with E-state index in [9.17, 15) is 0 Å². The lowest BCUT2D eigenvalue weighted by Crippen LogP contribution is -1.98. The number of anilines is 1. The van der Waals surface area contributed by atoms with Gasteiger partial charge in [-0.2, -0.15) is 0 Å². The minimum Gasteiger partial charge on any atom is -0.380 e. The molecule has 0 aliphatic heterocycles. The molecular weight excluding hydrogens is 254 g/mol. The van der Waals surface area contributed by atoms with Gasteiger partial charge in [0.05, 0.1) is 16.8 Å². The highest BCUT2D eigenvalue weighted by Crippen LogP contribution is 2.25. The van der Waals surface area contributed by atoms with Crippen LogP contribution in [0.4, 0.5) is 5.82 Å². The molecule has 4 aromatic rings. The fraction of sp³-hybridized carbons (Fsp3) is 0.0714. The molecule has 0 saturated heterocycles. The van der Waals surface area contributed by atoms with Crippen molar-refractivity contribution in [1.82, 2.24) is 19.9 Å². The molecule has 0 atom stereocenters. The van der Waals surface area contributed by atoms with E-state index in [-0.39, 0.29) is 0 Å². The molecule has 0 radical (unpaired) electrons. The molecule has 0 fully saturated rings. The molecule has 0 aliphatic carbocycles. The number of hydrogen-bond acceptors (Lipinski definition) is 5. The van der Waals surface area contributed by atoms with Crippen molar-refractivity contribution in [2.24, 2.45) is 0 Å². The summed E-state index contributed by atoms with van der Waals surface area (Å²) in [6.07, 6.45) is 1.74. The van der Waals surface area contributed by atoms with E-state index in [4.69, 9.17) is 10.3 Å². The molecule has 4 rings (SSSR count). The first-order valence-electron chi connectivity index (χ1n) is 6.19. The predicted octanol–water partition coefficient (Wildman–Crippen LogP) is 2.45. The second-order valence-corrected chi connectivity index (χ2v) is 4.62. The van der Waals surface area contributed by atoms with Gasteiger partial charge in [0.15, 0.2) is 17.0 Å². The van der Waals surface area contributed by atoms with Gasteiger partial charge in [-0.05, 0) is 37.3 Å². The summed E-state index contributed by atoms with van der Waals surface area (Å²) in [5.41, 5.74) is 9.12. The van der Waals surface area contributed by atoms with E-state index in [0.717, 1.165) is 27.8 Å². The fourth-order valence-corrected chi connectivity index (χ4v) is 2.37. The van der Waals surface area contributed by atoms with E-state index in [2.05, 4.69) is 15.2 Å². The first-order chi connectivity index (χ1) is 9.74. The van der Waals surface area contributed by atoms with Gasteiger partial charge in [-0.25, -0.2) is 9.67 Å². The van der Waals surface area contributed by atoms with Gasteiger partial charge in [-0.15, -0.1) is 5.10 Å². The van der Waals surface area contributed by atoms with Crippen molar-refractivity contribution >= 4 is 27.8 Å². The van der Waals surface area contributed by atoms with Gasteiger partial charge < -0.3 is 10.3 Å². The van der Waals surface area contributed by atoms with Gasteiger partial charge in [-0.3, -0.25) is 0 Å². The van der Waals surface area contributed by atoms with Crippen LogP contribution >= 0.6 is 0 Å². The smallest absolute Gasteiger partial charge is 0.181 e. The van der Waals surface area contributed by atoms with Crippen molar-refractivity contribution in [3.05, 3.63) is 42.2 Å². The number of aromatic nitrogens is 4. The molecule has 6 nitrogen and oxygen atoms in total. The van der Waals surface area contributed by atoms with Crippen molar-refractivity contribution in [3.63, 3.8) is 0 Å². The molecule has 0 aliphatic rings. The third-order valence-corrected chi connectivity index (χ3v) is 3.41. The summed E-state index contributed by atoms with van der Waals surface area (Å²) in [6, 6.07) is 9.59. The Labute approximate surface area is 113 Å². The lowest BCUT2D eigenvalue weighted by molar-refractivity contribution is 0.460. The average Bonchev–Trinajstić information content (AvgIpc) is 3.01. The van der Waals surface area contributed by atoms with Crippen LogP contribution in [-0.4, -0.2) is 19.9 Å². The Morgan fingerprint density at radius 1 is 1.20 bits per heavy atom. The van der Waals surface area contributed by atoms with E-state index < -0.39 is 0 Å². The Hall–Kier alpha value is -2.89. The molecule has 98 valence electrons. The highest BCUT2D eigenvalue weighted by molar-refractivity contribution is 5.88. The zero-order chi connectivity index (χ0) is 13.7. The Morgan fingerprint density at radius 3 is 2.95 bits per heavy atom. The number of nitrogens with two attached hydrogens (primary N) is 1. The summed E-state index contributed by atoms with van der Waals surface area (Å²) in [6.45, 7) is 2.01. The molecule has 1 aromatic carbocycles. The van der Waals surface area contributed by atoms with E-state index in [1.165, 1.54) is 0 Å².